The van der Waals surface area contributed by atoms with Gasteiger partial charge >= 0.3 is 0 Å². The fourth-order valence-corrected chi connectivity index (χ4v) is 4.56. The summed E-state index contributed by atoms with van der Waals surface area (Å²) in [7, 11) is 0. The molecule has 26 heavy (non-hydrogen) atoms. The first-order valence-electron chi connectivity index (χ1n) is 10.2. The van der Waals surface area contributed by atoms with Crippen LogP contribution in [-0.2, 0) is 11.2 Å². The highest BCUT2D eigenvalue weighted by Gasteiger charge is 2.33. The lowest BCUT2D eigenvalue weighted by molar-refractivity contribution is -0.122. The lowest BCUT2D eigenvalue weighted by Gasteiger charge is -2.45. The molecule has 6 N–H and O–H groups in total. The first kappa shape index (κ1) is 19.3. The third kappa shape index (κ3) is 5.05. The smallest absolute Gasteiger partial charge is 0.237 e. The number of nitrogens with two attached hydrogens (primary N) is 2. The molecule has 0 radical (unpaired) electrons. The van der Waals surface area contributed by atoms with Gasteiger partial charge in [0.15, 0.2) is 0 Å². The summed E-state index contributed by atoms with van der Waals surface area (Å²) in [5.41, 5.74) is 13.3. The molecule has 2 aliphatic rings. The summed E-state index contributed by atoms with van der Waals surface area (Å²) in [5.74, 6) is -0.104. The van der Waals surface area contributed by atoms with E-state index in [0.29, 0.717) is 25.0 Å². The molecule has 1 aliphatic carbocycles. The Hall–Kier alpha value is -1.44. The van der Waals surface area contributed by atoms with Crippen LogP contribution in [0.1, 0.15) is 57.1 Å². The van der Waals surface area contributed by atoms with Gasteiger partial charge in [-0.1, -0.05) is 19.3 Å². The van der Waals surface area contributed by atoms with Crippen molar-refractivity contribution in [2.75, 3.05) is 13.1 Å². The fraction of sp³-hybridized carbons (Fsp3) is 0.789. The van der Waals surface area contributed by atoms with Gasteiger partial charge in [0.25, 0.3) is 0 Å². The molecule has 0 spiro atoms. The van der Waals surface area contributed by atoms with Crippen molar-refractivity contribution in [3.63, 3.8) is 0 Å². The topological polar surface area (TPSA) is 113 Å². The maximum atomic E-state index is 12.3. The zero-order chi connectivity index (χ0) is 18.4. The molecule has 1 saturated carbocycles. The Morgan fingerprint density at radius 2 is 2.12 bits per heavy atom. The monoisotopic (exact) mass is 362 g/mol. The molecule has 3 rings (SSSR count). The predicted molar refractivity (Wildman–Crippen MR) is 102 cm³/mol. The zero-order valence-electron chi connectivity index (χ0n) is 15.7. The van der Waals surface area contributed by atoms with Gasteiger partial charge in [-0.15, -0.1) is 0 Å². The van der Waals surface area contributed by atoms with Crippen molar-refractivity contribution in [1.29, 1.82) is 0 Å². The quantitative estimate of drug-likeness (QED) is 0.576. The lowest BCUT2D eigenvalue weighted by Crippen LogP contribution is -2.57. The summed E-state index contributed by atoms with van der Waals surface area (Å²) >= 11 is 0. The van der Waals surface area contributed by atoms with E-state index in [1.807, 2.05) is 0 Å². The summed E-state index contributed by atoms with van der Waals surface area (Å²) in [6.45, 7) is 1.79. The highest BCUT2D eigenvalue weighted by molar-refractivity contribution is 5.81. The number of aromatic amines is 1. The minimum absolute atomic E-state index is 0.104. The first-order chi connectivity index (χ1) is 12.6. The van der Waals surface area contributed by atoms with Crippen LogP contribution in [0.2, 0.25) is 0 Å². The number of hydrogen-bond donors (Lipinski definition) is 4. The normalized spacial score (nSPS) is 26.5. The highest BCUT2D eigenvalue weighted by atomic mass is 16.2. The number of piperidine rings is 1. The molecule has 2 heterocycles. The van der Waals surface area contributed by atoms with Gasteiger partial charge in [0.1, 0.15) is 0 Å². The zero-order valence-corrected chi connectivity index (χ0v) is 15.7. The van der Waals surface area contributed by atoms with E-state index in [4.69, 9.17) is 11.5 Å². The number of carbonyl (C=O) groups excluding carboxylic acids is 1. The summed E-state index contributed by atoms with van der Waals surface area (Å²) in [4.78, 5) is 21.8. The molecule has 7 nitrogen and oxygen atoms in total. The van der Waals surface area contributed by atoms with Crippen molar-refractivity contribution < 1.29 is 4.79 Å². The Balaban J connectivity index is 1.47. The molecule has 3 atom stereocenters. The van der Waals surface area contributed by atoms with E-state index in [1.54, 1.807) is 12.5 Å². The standard InChI is InChI=1S/C19H34N6O/c20-16-7-4-10-25(15-5-2-1-3-6-15)18(16)8-9-23-19(26)17(21)11-14-12-22-13-24-14/h12-13,15-18H,1-11,20-21H2,(H,22,24)(H,23,26)/t16?,17-,18+/m0/s1. The van der Waals surface area contributed by atoms with Crippen LogP contribution in [0.5, 0.6) is 0 Å². The Kier molecular flexibility index (Phi) is 7.05. The number of H-pyrrole nitrogens is 1. The average molecular weight is 363 g/mol. The van der Waals surface area contributed by atoms with E-state index in [9.17, 15) is 4.79 Å². The molecule has 1 aromatic heterocycles. The summed E-state index contributed by atoms with van der Waals surface area (Å²) < 4.78 is 0. The summed E-state index contributed by atoms with van der Waals surface area (Å²) in [5, 5.41) is 3.01. The molecule has 1 aliphatic heterocycles. The van der Waals surface area contributed by atoms with Crippen LogP contribution >= 0.6 is 0 Å². The number of hydrogen-bond acceptors (Lipinski definition) is 5. The van der Waals surface area contributed by atoms with Crippen LogP contribution in [0, 0.1) is 0 Å². The molecule has 146 valence electrons. The summed E-state index contributed by atoms with van der Waals surface area (Å²) in [6.07, 6.45) is 13.6. The Morgan fingerprint density at radius 3 is 2.85 bits per heavy atom. The first-order valence-corrected chi connectivity index (χ1v) is 10.2. The third-order valence-electron chi connectivity index (χ3n) is 5.99. The number of likely N-dealkylation sites (tertiary alicyclic amines) is 1. The molecule has 0 aromatic carbocycles. The van der Waals surface area contributed by atoms with Crippen molar-refractivity contribution in [2.24, 2.45) is 11.5 Å². The van der Waals surface area contributed by atoms with E-state index in [1.165, 1.54) is 38.5 Å². The molecule has 1 aromatic rings. The number of amides is 1. The number of aromatic nitrogens is 2. The highest BCUT2D eigenvalue weighted by Crippen LogP contribution is 2.29. The van der Waals surface area contributed by atoms with Gasteiger partial charge in [0, 0.05) is 43.0 Å². The van der Waals surface area contributed by atoms with Crippen molar-refractivity contribution in [3.8, 4) is 0 Å². The maximum absolute atomic E-state index is 12.3. The SMILES string of the molecule is NC1CCCN(C2CCCCC2)[C@@H]1CCNC(=O)[C@@H](N)Cc1cnc[nH]1. The third-order valence-corrected chi connectivity index (χ3v) is 5.99. The van der Waals surface area contributed by atoms with E-state index in [0.717, 1.165) is 25.1 Å². The largest absolute Gasteiger partial charge is 0.355 e. The van der Waals surface area contributed by atoms with E-state index in [-0.39, 0.29) is 11.9 Å². The van der Waals surface area contributed by atoms with Crippen LogP contribution < -0.4 is 16.8 Å². The van der Waals surface area contributed by atoms with Gasteiger partial charge in [0.05, 0.1) is 12.4 Å². The van der Waals surface area contributed by atoms with Crippen molar-refractivity contribution in [3.05, 3.63) is 18.2 Å². The van der Waals surface area contributed by atoms with Gasteiger partial charge in [0.2, 0.25) is 5.91 Å². The molecule has 1 unspecified atom stereocenters. The molecule has 2 fully saturated rings. The van der Waals surface area contributed by atoms with Crippen LogP contribution in [0.4, 0.5) is 0 Å². The van der Waals surface area contributed by atoms with Crippen LogP contribution in [0.25, 0.3) is 0 Å². The molecular formula is C19H34N6O. The molecule has 0 bridgehead atoms. The second-order valence-corrected chi connectivity index (χ2v) is 7.87. The Labute approximate surface area is 156 Å². The number of nitrogens with zero attached hydrogens (tertiary/aromatic N) is 2. The number of nitrogens with one attached hydrogen (secondary N) is 2. The molecule has 1 amide bonds. The number of carbonyl (C=O) groups is 1. The van der Waals surface area contributed by atoms with Crippen LogP contribution in [0.3, 0.4) is 0 Å². The molecule has 1 saturated heterocycles. The molecule has 7 heteroatoms. The van der Waals surface area contributed by atoms with E-state index < -0.39 is 6.04 Å². The van der Waals surface area contributed by atoms with Crippen molar-refractivity contribution in [1.82, 2.24) is 20.2 Å². The van der Waals surface area contributed by atoms with Gasteiger partial charge in [-0.05, 0) is 38.6 Å². The van der Waals surface area contributed by atoms with Gasteiger partial charge in [-0.2, -0.15) is 0 Å². The maximum Gasteiger partial charge on any atom is 0.237 e. The average Bonchev–Trinajstić information content (AvgIpc) is 3.16. The Bertz CT molecular complexity index is 542. The van der Waals surface area contributed by atoms with Gasteiger partial charge in [-0.25, -0.2) is 4.98 Å². The van der Waals surface area contributed by atoms with Gasteiger partial charge in [-0.3, -0.25) is 9.69 Å². The molecular weight excluding hydrogens is 328 g/mol. The fourth-order valence-electron chi connectivity index (χ4n) is 4.56. The minimum atomic E-state index is -0.551. The van der Waals surface area contributed by atoms with Crippen LogP contribution in [-0.4, -0.2) is 58.0 Å². The number of imidazole rings is 1. The van der Waals surface area contributed by atoms with E-state index in [2.05, 4.69) is 20.2 Å². The minimum Gasteiger partial charge on any atom is -0.355 e. The summed E-state index contributed by atoms with van der Waals surface area (Å²) in [6, 6.07) is 0.709. The lowest BCUT2D eigenvalue weighted by atomic mass is 9.87. The number of rotatable bonds is 7. The van der Waals surface area contributed by atoms with Crippen molar-refractivity contribution in [2.45, 2.75) is 82.0 Å². The van der Waals surface area contributed by atoms with E-state index >= 15 is 0 Å². The Morgan fingerprint density at radius 1 is 1.31 bits per heavy atom. The van der Waals surface area contributed by atoms with Crippen molar-refractivity contribution >= 4 is 5.91 Å². The predicted octanol–water partition coefficient (Wildman–Crippen LogP) is 0.910. The van der Waals surface area contributed by atoms with Gasteiger partial charge < -0.3 is 21.8 Å². The van der Waals surface area contributed by atoms with Crippen LogP contribution in [0.15, 0.2) is 12.5 Å². The second-order valence-electron chi connectivity index (χ2n) is 7.87. The second kappa shape index (κ2) is 9.48.